The number of halogens is 3. The summed E-state index contributed by atoms with van der Waals surface area (Å²) in [4.78, 5) is 2.24. The molecule has 1 N–H and O–H groups in total. The van der Waals surface area contributed by atoms with Crippen molar-refractivity contribution < 1.29 is 13.2 Å². The van der Waals surface area contributed by atoms with Crippen molar-refractivity contribution in [1.82, 2.24) is 10.2 Å². The number of piperazine rings is 1. The number of alkyl halides is 3. The summed E-state index contributed by atoms with van der Waals surface area (Å²) >= 11 is 0.0940. The summed E-state index contributed by atoms with van der Waals surface area (Å²) in [6.45, 7) is 10.9. The van der Waals surface area contributed by atoms with E-state index in [4.69, 9.17) is 0 Å². The minimum Gasteiger partial charge on any atom is -0.311 e. The van der Waals surface area contributed by atoms with Crippen LogP contribution < -0.4 is 5.32 Å². The summed E-state index contributed by atoms with van der Waals surface area (Å²) in [7, 11) is 0. The van der Waals surface area contributed by atoms with Crippen LogP contribution in [-0.2, 0) is 0 Å². The summed E-state index contributed by atoms with van der Waals surface area (Å²) < 4.78 is 36.8. The van der Waals surface area contributed by atoms with Gasteiger partial charge in [0, 0.05) is 37.5 Å². The van der Waals surface area contributed by atoms with Gasteiger partial charge < -0.3 is 5.32 Å². The van der Waals surface area contributed by atoms with E-state index in [1.54, 1.807) is 0 Å². The van der Waals surface area contributed by atoms with Crippen LogP contribution in [0.4, 0.5) is 13.2 Å². The Kier molecular flexibility index (Phi) is 6.67. The summed E-state index contributed by atoms with van der Waals surface area (Å²) in [5.41, 5.74) is -3.98. The van der Waals surface area contributed by atoms with Gasteiger partial charge in [-0.3, -0.25) is 4.90 Å². The normalized spacial score (nSPS) is 25.9. The molecule has 1 fully saturated rings. The van der Waals surface area contributed by atoms with E-state index in [9.17, 15) is 13.2 Å². The predicted molar refractivity (Wildman–Crippen MR) is 80.0 cm³/mol. The first-order valence-corrected chi connectivity index (χ1v) is 8.30. The minimum atomic E-state index is -4.11. The summed E-state index contributed by atoms with van der Waals surface area (Å²) in [5, 5.41) is 3.56. The highest BCUT2D eigenvalue weighted by Gasteiger charge is 2.34. The monoisotopic (exact) mass is 312 g/mol. The Hall–Kier alpha value is 0.0600. The quantitative estimate of drug-likeness (QED) is 0.833. The van der Waals surface area contributed by atoms with E-state index in [2.05, 4.69) is 37.9 Å². The maximum absolute atomic E-state index is 12.3. The highest BCUT2D eigenvalue weighted by atomic mass is 32.2. The third-order valence-electron chi connectivity index (χ3n) is 3.84. The molecule has 20 heavy (non-hydrogen) atoms. The smallest absolute Gasteiger partial charge is 0.311 e. The van der Waals surface area contributed by atoms with Crippen LogP contribution in [0, 0.1) is 5.41 Å². The van der Waals surface area contributed by atoms with Crippen LogP contribution in [0.2, 0.25) is 0 Å². The Morgan fingerprint density at radius 3 is 2.40 bits per heavy atom. The summed E-state index contributed by atoms with van der Waals surface area (Å²) in [6, 6.07) is 0.707. The number of thioether (sulfide) groups is 1. The number of nitrogens with one attached hydrogen (secondary N) is 1. The van der Waals surface area contributed by atoms with Crippen molar-refractivity contribution in [2.45, 2.75) is 58.1 Å². The van der Waals surface area contributed by atoms with Crippen molar-refractivity contribution in [3.05, 3.63) is 0 Å². The van der Waals surface area contributed by atoms with E-state index in [1.165, 1.54) is 0 Å². The molecule has 2 nitrogen and oxygen atoms in total. The lowest BCUT2D eigenvalue weighted by Crippen LogP contribution is -2.60. The fourth-order valence-corrected chi connectivity index (χ4v) is 3.16. The molecular formula is C14H27F3N2S. The zero-order valence-corrected chi connectivity index (χ0v) is 13.7. The molecule has 6 heteroatoms. The molecule has 0 bridgehead atoms. The third kappa shape index (κ3) is 6.22. The minimum absolute atomic E-state index is 0.0940. The molecule has 0 aromatic carbocycles. The molecule has 1 saturated heterocycles. The Bertz CT molecular complexity index is 289. The Labute approximate surface area is 124 Å². The summed E-state index contributed by atoms with van der Waals surface area (Å²) in [5.74, 6) is 0.126. The largest absolute Gasteiger partial charge is 0.441 e. The molecule has 0 aliphatic carbocycles. The molecule has 0 aromatic rings. The zero-order valence-electron chi connectivity index (χ0n) is 12.9. The fourth-order valence-electron chi connectivity index (χ4n) is 2.61. The topological polar surface area (TPSA) is 15.3 Å². The summed E-state index contributed by atoms with van der Waals surface area (Å²) in [6.07, 6.45) is 2.11. The molecule has 0 radical (unpaired) electrons. The molecule has 0 saturated carbocycles. The van der Waals surface area contributed by atoms with Crippen LogP contribution >= 0.6 is 11.8 Å². The average Bonchev–Trinajstić information content (AvgIpc) is 2.28. The fraction of sp³-hybridized carbons (Fsp3) is 1.00. The molecule has 0 spiro atoms. The van der Waals surface area contributed by atoms with E-state index in [0.29, 0.717) is 18.6 Å². The van der Waals surface area contributed by atoms with Gasteiger partial charge in [-0.1, -0.05) is 34.1 Å². The maximum Gasteiger partial charge on any atom is 0.441 e. The van der Waals surface area contributed by atoms with E-state index in [-0.39, 0.29) is 22.9 Å². The van der Waals surface area contributed by atoms with Gasteiger partial charge >= 0.3 is 5.51 Å². The van der Waals surface area contributed by atoms with Crippen molar-refractivity contribution in [3.8, 4) is 0 Å². The second kappa shape index (κ2) is 7.36. The van der Waals surface area contributed by atoms with E-state index < -0.39 is 5.51 Å². The average molecular weight is 312 g/mol. The third-order valence-corrected chi connectivity index (χ3v) is 4.56. The van der Waals surface area contributed by atoms with Gasteiger partial charge in [0.15, 0.2) is 0 Å². The van der Waals surface area contributed by atoms with Crippen LogP contribution in [-0.4, -0.2) is 47.9 Å². The highest BCUT2D eigenvalue weighted by molar-refractivity contribution is 8.00. The van der Waals surface area contributed by atoms with Crippen molar-refractivity contribution in [2.75, 3.05) is 25.4 Å². The standard InChI is InChI=1S/C14H27F3N2S/c1-5-6-11-9-18-12(13(2,3)4)10-19(11)7-8-20-14(15,16)17/h11-12,18H,5-10H2,1-4H3. The van der Waals surface area contributed by atoms with E-state index >= 15 is 0 Å². The molecule has 2 unspecified atom stereocenters. The van der Waals surface area contributed by atoms with Crippen molar-refractivity contribution in [3.63, 3.8) is 0 Å². The highest BCUT2D eigenvalue weighted by Crippen LogP contribution is 2.31. The van der Waals surface area contributed by atoms with Crippen LogP contribution in [0.3, 0.4) is 0 Å². The molecule has 0 amide bonds. The lowest BCUT2D eigenvalue weighted by Gasteiger charge is -2.45. The molecule has 2 atom stereocenters. The SMILES string of the molecule is CCCC1CNC(C(C)(C)C)CN1CCSC(F)(F)F. The molecule has 120 valence electrons. The van der Waals surface area contributed by atoms with Crippen LogP contribution in [0.5, 0.6) is 0 Å². The maximum atomic E-state index is 12.3. The van der Waals surface area contributed by atoms with Gasteiger partial charge in [-0.05, 0) is 23.6 Å². The lowest BCUT2D eigenvalue weighted by molar-refractivity contribution is -0.0330. The molecule has 1 aliphatic heterocycles. The Morgan fingerprint density at radius 2 is 1.90 bits per heavy atom. The first kappa shape index (κ1) is 18.1. The van der Waals surface area contributed by atoms with E-state index in [1.807, 2.05) is 0 Å². The lowest BCUT2D eigenvalue weighted by atomic mass is 9.84. The van der Waals surface area contributed by atoms with Gasteiger partial charge in [-0.15, -0.1) is 0 Å². The molecular weight excluding hydrogens is 285 g/mol. The van der Waals surface area contributed by atoms with Gasteiger partial charge in [-0.2, -0.15) is 13.2 Å². The second-order valence-electron chi connectivity index (χ2n) is 6.56. The van der Waals surface area contributed by atoms with Gasteiger partial charge in [0.2, 0.25) is 0 Å². The number of rotatable bonds is 5. The number of hydrogen-bond donors (Lipinski definition) is 1. The van der Waals surface area contributed by atoms with Gasteiger partial charge in [0.05, 0.1) is 0 Å². The van der Waals surface area contributed by atoms with Crippen molar-refractivity contribution >= 4 is 11.8 Å². The van der Waals surface area contributed by atoms with Crippen LogP contribution in [0.25, 0.3) is 0 Å². The van der Waals surface area contributed by atoms with Gasteiger partial charge in [0.1, 0.15) is 0 Å². The van der Waals surface area contributed by atoms with Crippen molar-refractivity contribution in [2.24, 2.45) is 5.41 Å². The predicted octanol–water partition coefficient (Wildman–Crippen LogP) is 3.73. The van der Waals surface area contributed by atoms with Crippen LogP contribution in [0.15, 0.2) is 0 Å². The van der Waals surface area contributed by atoms with Crippen molar-refractivity contribution in [1.29, 1.82) is 0 Å². The second-order valence-corrected chi connectivity index (χ2v) is 7.72. The van der Waals surface area contributed by atoms with Crippen LogP contribution in [0.1, 0.15) is 40.5 Å². The Balaban J connectivity index is 2.55. The molecule has 1 aliphatic rings. The Morgan fingerprint density at radius 1 is 1.25 bits per heavy atom. The van der Waals surface area contributed by atoms with Gasteiger partial charge in [0.25, 0.3) is 0 Å². The molecule has 1 rings (SSSR count). The molecule has 1 heterocycles. The number of nitrogens with zero attached hydrogens (tertiary/aromatic N) is 1. The van der Waals surface area contributed by atoms with E-state index in [0.717, 1.165) is 25.9 Å². The number of hydrogen-bond acceptors (Lipinski definition) is 3. The van der Waals surface area contributed by atoms with Gasteiger partial charge in [-0.25, -0.2) is 0 Å². The molecule has 0 aromatic heterocycles. The first-order valence-electron chi connectivity index (χ1n) is 7.31. The first-order chi connectivity index (χ1) is 9.13. The zero-order chi connectivity index (χ0) is 15.4.